The molecule has 0 radical (unpaired) electrons. The van der Waals surface area contributed by atoms with Gasteiger partial charge in [-0.1, -0.05) is 30.3 Å². The smallest absolute Gasteiger partial charge is 0.341 e. The van der Waals surface area contributed by atoms with Crippen LogP contribution in [0.4, 0.5) is 13.2 Å². The van der Waals surface area contributed by atoms with Crippen molar-refractivity contribution in [2.24, 2.45) is 0 Å². The molecule has 0 unspecified atom stereocenters. The monoisotopic (exact) mass is 456 g/mol. The van der Waals surface area contributed by atoms with E-state index in [2.05, 4.69) is 20.6 Å². The molecule has 1 aromatic carbocycles. The lowest BCUT2D eigenvalue weighted by atomic mass is 10.1. The summed E-state index contributed by atoms with van der Waals surface area (Å²) in [4.78, 5) is 41.9. The fraction of sp³-hybridized carbons (Fsp3) is 0.400. The normalized spacial score (nSPS) is 12.4. The number of Topliss-reactive ketones (excluding diaryl/α,β-unsaturated/α-hetero) is 1. The Balaban J connectivity index is 1.84. The summed E-state index contributed by atoms with van der Waals surface area (Å²) in [6.07, 6.45) is -0.657. The van der Waals surface area contributed by atoms with Gasteiger partial charge in [0.2, 0.25) is 11.7 Å². The number of H-pyrrole nitrogens is 1. The minimum Gasteiger partial charge on any atom is -0.341 e. The predicted molar refractivity (Wildman–Crippen MR) is 111 cm³/mol. The average molecular weight is 456 g/mol. The zero-order valence-corrected chi connectivity index (χ0v) is 17.4. The molecule has 11 heteroatoms. The minimum atomic E-state index is -4.83. The number of ketones is 1. The van der Waals surface area contributed by atoms with E-state index in [1.165, 1.54) is 12.4 Å². The van der Waals surface area contributed by atoms with Gasteiger partial charge in [0.15, 0.2) is 5.82 Å². The van der Waals surface area contributed by atoms with Crippen LogP contribution in [0.25, 0.3) is 0 Å². The summed E-state index contributed by atoms with van der Waals surface area (Å²) in [5, 5.41) is 5.36. The molecule has 0 bridgehead atoms. The second-order valence-electron chi connectivity index (χ2n) is 6.61. The van der Waals surface area contributed by atoms with E-state index >= 15 is 0 Å². The second-order valence-corrected chi connectivity index (χ2v) is 7.72. The standard InChI is InChI=1S/C20H23F3N4O3S/c21-20(22,23)16(28)13-31-12-4-7-15(24-9-8-14-5-2-1-3-6-14)18(29)27-19(30)17-25-10-11-26-17/h1-3,5-6,10-11,15,24H,4,7-9,12-13H2,(H,25,26)(H,27,29,30)/t15-/m0/s1. The maximum absolute atomic E-state index is 12.5. The molecule has 0 aliphatic carbocycles. The van der Waals surface area contributed by atoms with E-state index in [1.807, 2.05) is 30.3 Å². The first-order valence-electron chi connectivity index (χ1n) is 9.57. The lowest BCUT2D eigenvalue weighted by Gasteiger charge is -2.18. The molecule has 0 saturated heterocycles. The number of nitrogens with zero attached hydrogens (tertiary/aromatic N) is 1. The Hall–Kier alpha value is -2.66. The highest BCUT2D eigenvalue weighted by Crippen LogP contribution is 2.19. The van der Waals surface area contributed by atoms with E-state index in [-0.39, 0.29) is 11.6 Å². The van der Waals surface area contributed by atoms with Gasteiger partial charge in [0.1, 0.15) is 0 Å². The van der Waals surface area contributed by atoms with Crippen molar-refractivity contribution in [3.63, 3.8) is 0 Å². The number of aromatic nitrogens is 2. The number of aromatic amines is 1. The number of nitrogens with one attached hydrogen (secondary N) is 3. The molecule has 1 aromatic heterocycles. The maximum Gasteiger partial charge on any atom is 0.450 e. The van der Waals surface area contributed by atoms with Gasteiger partial charge in [-0.05, 0) is 37.1 Å². The maximum atomic E-state index is 12.5. The predicted octanol–water partition coefficient (Wildman–Crippen LogP) is 2.51. The quantitative estimate of drug-likeness (QED) is 0.424. The number of carbonyl (C=O) groups excluding carboxylic acids is 3. The van der Waals surface area contributed by atoms with Crippen LogP contribution in [0.3, 0.4) is 0 Å². The molecule has 1 heterocycles. The van der Waals surface area contributed by atoms with Crippen LogP contribution in [0.15, 0.2) is 42.7 Å². The lowest BCUT2D eigenvalue weighted by molar-refractivity contribution is -0.167. The van der Waals surface area contributed by atoms with Gasteiger partial charge in [0, 0.05) is 12.4 Å². The van der Waals surface area contributed by atoms with Crippen LogP contribution in [-0.4, -0.2) is 57.8 Å². The lowest BCUT2D eigenvalue weighted by Crippen LogP contribution is -2.47. The second kappa shape index (κ2) is 12.3. The molecule has 0 saturated carbocycles. The van der Waals surface area contributed by atoms with Crippen LogP contribution in [0.2, 0.25) is 0 Å². The summed E-state index contributed by atoms with van der Waals surface area (Å²) in [6, 6.07) is 8.88. The number of halogens is 3. The number of carbonyl (C=O) groups is 3. The van der Waals surface area contributed by atoms with Gasteiger partial charge in [0.25, 0.3) is 5.91 Å². The van der Waals surface area contributed by atoms with Crippen LogP contribution in [0, 0.1) is 0 Å². The van der Waals surface area contributed by atoms with Gasteiger partial charge in [-0.15, -0.1) is 0 Å². The molecule has 168 valence electrons. The number of hydrogen-bond acceptors (Lipinski definition) is 6. The molecular formula is C20H23F3N4O3S. The van der Waals surface area contributed by atoms with Gasteiger partial charge in [0.05, 0.1) is 11.8 Å². The van der Waals surface area contributed by atoms with Crippen molar-refractivity contribution in [1.82, 2.24) is 20.6 Å². The molecule has 2 aromatic rings. The van der Waals surface area contributed by atoms with Crippen molar-refractivity contribution < 1.29 is 27.6 Å². The third-order valence-electron chi connectivity index (χ3n) is 4.24. The molecule has 0 aliphatic rings. The van der Waals surface area contributed by atoms with Gasteiger partial charge in [-0.3, -0.25) is 19.7 Å². The molecule has 2 rings (SSSR count). The fourth-order valence-corrected chi connectivity index (χ4v) is 3.51. The number of alkyl halides is 3. The topological polar surface area (TPSA) is 104 Å². The van der Waals surface area contributed by atoms with Crippen LogP contribution in [0.1, 0.15) is 29.0 Å². The highest BCUT2D eigenvalue weighted by atomic mass is 32.2. The van der Waals surface area contributed by atoms with Crippen molar-refractivity contribution in [3.05, 3.63) is 54.1 Å². The van der Waals surface area contributed by atoms with Crippen molar-refractivity contribution in [2.75, 3.05) is 18.1 Å². The van der Waals surface area contributed by atoms with E-state index in [0.29, 0.717) is 25.8 Å². The fourth-order valence-electron chi connectivity index (χ4n) is 2.65. The Morgan fingerprint density at radius 2 is 1.90 bits per heavy atom. The number of amides is 2. The SMILES string of the molecule is O=C(NC(=O)[C@H](CCCSCC(=O)C(F)(F)F)NCCc1ccccc1)c1ncc[nH]1. The Kier molecular flexibility index (Phi) is 9.73. The van der Waals surface area contributed by atoms with Crippen LogP contribution >= 0.6 is 11.8 Å². The van der Waals surface area contributed by atoms with E-state index < -0.39 is 35.6 Å². The van der Waals surface area contributed by atoms with Crippen molar-refractivity contribution in [1.29, 1.82) is 0 Å². The minimum absolute atomic E-state index is 0.00222. The first-order chi connectivity index (χ1) is 14.8. The Labute approximate surface area is 181 Å². The third kappa shape index (κ3) is 8.93. The Morgan fingerprint density at radius 3 is 2.55 bits per heavy atom. The van der Waals surface area contributed by atoms with Crippen molar-refractivity contribution in [3.8, 4) is 0 Å². The number of imide groups is 1. The zero-order chi connectivity index (χ0) is 22.7. The molecule has 7 nitrogen and oxygen atoms in total. The summed E-state index contributed by atoms with van der Waals surface area (Å²) in [6.45, 7) is 0.469. The highest BCUT2D eigenvalue weighted by Gasteiger charge is 2.37. The molecule has 0 aliphatic heterocycles. The number of rotatable bonds is 12. The number of benzene rings is 1. The van der Waals surface area contributed by atoms with E-state index in [9.17, 15) is 27.6 Å². The summed E-state index contributed by atoms with van der Waals surface area (Å²) < 4.78 is 36.7. The Morgan fingerprint density at radius 1 is 1.16 bits per heavy atom. The molecule has 0 spiro atoms. The zero-order valence-electron chi connectivity index (χ0n) is 16.6. The third-order valence-corrected chi connectivity index (χ3v) is 5.29. The van der Waals surface area contributed by atoms with Crippen molar-refractivity contribution in [2.45, 2.75) is 31.5 Å². The van der Waals surface area contributed by atoms with Crippen LogP contribution in [0.5, 0.6) is 0 Å². The van der Waals surface area contributed by atoms with Gasteiger partial charge >= 0.3 is 6.18 Å². The molecule has 3 N–H and O–H groups in total. The summed E-state index contributed by atoms with van der Waals surface area (Å²) in [5.41, 5.74) is 1.07. The van der Waals surface area contributed by atoms with Gasteiger partial charge in [-0.25, -0.2) is 4.98 Å². The van der Waals surface area contributed by atoms with Crippen LogP contribution in [-0.2, 0) is 16.0 Å². The molecule has 1 atom stereocenters. The molecule has 31 heavy (non-hydrogen) atoms. The molecular weight excluding hydrogens is 433 g/mol. The van der Waals surface area contributed by atoms with E-state index in [0.717, 1.165) is 17.3 Å². The van der Waals surface area contributed by atoms with Gasteiger partial charge in [-0.2, -0.15) is 24.9 Å². The highest BCUT2D eigenvalue weighted by molar-refractivity contribution is 7.99. The number of thioether (sulfide) groups is 1. The summed E-state index contributed by atoms with van der Waals surface area (Å²) in [7, 11) is 0. The summed E-state index contributed by atoms with van der Waals surface area (Å²) >= 11 is 0.864. The van der Waals surface area contributed by atoms with Crippen molar-refractivity contribution >= 4 is 29.4 Å². The van der Waals surface area contributed by atoms with Crippen LogP contribution < -0.4 is 10.6 Å². The number of imidazole rings is 1. The molecule has 2 amide bonds. The average Bonchev–Trinajstić information content (AvgIpc) is 3.27. The largest absolute Gasteiger partial charge is 0.450 e. The van der Waals surface area contributed by atoms with Gasteiger partial charge < -0.3 is 10.3 Å². The van der Waals surface area contributed by atoms with E-state index in [4.69, 9.17) is 0 Å². The number of hydrogen-bond donors (Lipinski definition) is 3. The first-order valence-corrected chi connectivity index (χ1v) is 10.7. The first kappa shape index (κ1) is 24.6. The molecule has 0 fully saturated rings. The Bertz CT molecular complexity index is 845. The van der Waals surface area contributed by atoms with E-state index in [1.54, 1.807) is 0 Å². The summed E-state index contributed by atoms with van der Waals surface area (Å²) in [5.74, 6) is -3.38.